The lowest BCUT2D eigenvalue weighted by molar-refractivity contribution is -0.144. The fourth-order valence-corrected chi connectivity index (χ4v) is 4.02. The van der Waals surface area contributed by atoms with Crippen molar-refractivity contribution in [2.45, 2.75) is 52.2 Å². The van der Waals surface area contributed by atoms with Crippen LogP contribution in [0, 0.1) is 17.3 Å². The van der Waals surface area contributed by atoms with Gasteiger partial charge in [0.2, 0.25) is 0 Å². The number of hydrogen-bond donors (Lipinski definition) is 1. The molecule has 3 rings (SSSR count). The third kappa shape index (κ3) is 1.55. The zero-order chi connectivity index (χ0) is 13.9. The molecule has 0 spiro atoms. The molecule has 104 valence electrons. The standard InChI is InChI=1S/C15H20O4/c1-7-9-4-5-15(3)11(17)6-10(16)8(2)12(15)13(9)19-14(7)18/h7,9-10,13,16H,4-6H2,1-3H3/t7-,9-,10+,13-,15-/m0/s1. The summed E-state index contributed by atoms with van der Waals surface area (Å²) in [6.45, 7) is 5.70. The van der Waals surface area contributed by atoms with Gasteiger partial charge in [-0.3, -0.25) is 9.59 Å². The maximum Gasteiger partial charge on any atom is 0.309 e. The molecular weight excluding hydrogens is 244 g/mol. The first-order chi connectivity index (χ1) is 8.86. The molecule has 0 aromatic heterocycles. The van der Waals surface area contributed by atoms with Gasteiger partial charge in [-0.25, -0.2) is 0 Å². The van der Waals surface area contributed by atoms with E-state index in [0.29, 0.717) is 0 Å². The Hall–Kier alpha value is -1.16. The van der Waals surface area contributed by atoms with Gasteiger partial charge < -0.3 is 9.84 Å². The third-order valence-corrected chi connectivity index (χ3v) is 5.42. The quantitative estimate of drug-likeness (QED) is 0.533. The van der Waals surface area contributed by atoms with Crippen molar-refractivity contribution < 1.29 is 19.4 Å². The average Bonchev–Trinajstić information content (AvgIpc) is 2.63. The van der Waals surface area contributed by atoms with Gasteiger partial charge in [-0.2, -0.15) is 0 Å². The molecule has 0 radical (unpaired) electrons. The van der Waals surface area contributed by atoms with E-state index in [9.17, 15) is 14.7 Å². The average molecular weight is 264 g/mol. The molecule has 0 aromatic rings. The second-order valence-corrected chi connectivity index (χ2v) is 6.42. The van der Waals surface area contributed by atoms with Gasteiger partial charge in [0.1, 0.15) is 11.9 Å². The predicted octanol–water partition coefficient (Wildman–Crippen LogP) is 1.61. The number of rotatable bonds is 0. The Morgan fingerprint density at radius 1 is 1.37 bits per heavy atom. The van der Waals surface area contributed by atoms with Crippen LogP contribution in [0.15, 0.2) is 11.1 Å². The predicted molar refractivity (Wildman–Crippen MR) is 68.2 cm³/mol. The number of aliphatic hydroxyl groups is 1. The van der Waals surface area contributed by atoms with Crippen molar-refractivity contribution in [3.05, 3.63) is 11.1 Å². The lowest BCUT2D eigenvalue weighted by Gasteiger charge is -2.45. The summed E-state index contributed by atoms with van der Waals surface area (Å²) >= 11 is 0. The van der Waals surface area contributed by atoms with Crippen LogP contribution < -0.4 is 0 Å². The molecule has 4 nitrogen and oxygen atoms in total. The number of Topliss-reactive ketones (excluding diaryl/α,β-unsaturated/α-hetero) is 1. The number of fused-ring (bicyclic) bond motifs is 3. The second-order valence-electron chi connectivity index (χ2n) is 6.42. The highest BCUT2D eigenvalue weighted by Crippen LogP contribution is 2.54. The number of ether oxygens (including phenoxy) is 1. The van der Waals surface area contributed by atoms with Gasteiger partial charge in [0.15, 0.2) is 0 Å². The van der Waals surface area contributed by atoms with Crippen LogP contribution >= 0.6 is 0 Å². The fraction of sp³-hybridized carbons (Fsp3) is 0.733. The minimum atomic E-state index is -0.719. The van der Waals surface area contributed by atoms with Crippen LogP contribution in [0.5, 0.6) is 0 Å². The van der Waals surface area contributed by atoms with Crippen LogP contribution in [0.25, 0.3) is 0 Å². The largest absolute Gasteiger partial charge is 0.457 e. The first kappa shape index (κ1) is 12.9. The van der Waals surface area contributed by atoms with Crippen molar-refractivity contribution in [2.75, 3.05) is 0 Å². The van der Waals surface area contributed by atoms with Crippen LogP contribution in [0.1, 0.15) is 40.0 Å². The molecule has 2 fully saturated rings. The number of aliphatic hydroxyl groups excluding tert-OH is 1. The normalized spacial score (nSPS) is 45.9. The van der Waals surface area contributed by atoms with Crippen LogP contribution in [-0.4, -0.2) is 29.1 Å². The number of carbonyl (C=O) groups excluding carboxylic acids is 2. The van der Waals surface area contributed by atoms with Gasteiger partial charge in [0.05, 0.1) is 17.4 Å². The SMILES string of the molecule is CC1=C2[C@H]3OC(=O)[C@@H](C)[C@@H]3CC[C@@]2(C)C(=O)C[C@H]1O. The third-order valence-electron chi connectivity index (χ3n) is 5.42. The van der Waals surface area contributed by atoms with Gasteiger partial charge in [-0.15, -0.1) is 0 Å². The van der Waals surface area contributed by atoms with Gasteiger partial charge in [-0.1, -0.05) is 6.92 Å². The van der Waals surface area contributed by atoms with Crippen molar-refractivity contribution in [2.24, 2.45) is 17.3 Å². The molecule has 1 heterocycles. The fourth-order valence-electron chi connectivity index (χ4n) is 4.02. The van der Waals surface area contributed by atoms with E-state index in [1.54, 1.807) is 0 Å². The van der Waals surface area contributed by atoms with Gasteiger partial charge in [0, 0.05) is 12.3 Å². The molecule has 1 aliphatic heterocycles. The van der Waals surface area contributed by atoms with E-state index in [0.717, 1.165) is 24.0 Å². The molecule has 5 atom stereocenters. The molecule has 3 aliphatic rings. The molecule has 0 aromatic carbocycles. The maximum atomic E-state index is 12.3. The van der Waals surface area contributed by atoms with E-state index in [1.165, 1.54) is 0 Å². The molecular formula is C15H20O4. The molecule has 0 amide bonds. The van der Waals surface area contributed by atoms with E-state index in [2.05, 4.69) is 0 Å². The van der Waals surface area contributed by atoms with E-state index in [1.807, 2.05) is 20.8 Å². The Bertz CT molecular complexity index is 492. The van der Waals surface area contributed by atoms with Gasteiger partial charge >= 0.3 is 5.97 Å². The lowest BCUT2D eigenvalue weighted by atomic mass is 9.58. The number of carbonyl (C=O) groups is 2. The highest BCUT2D eigenvalue weighted by atomic mass is 16.6. The number of ketones is 1. The summed E-state index contributed by atoms with van der Waals surface area (Å²) < 4.78 is 5.52. The molecule has 1 N–H and O–H groups in total. The number of hydrogen-bond acceptors (Lipinski definition) is 4. The summed E-state index contributed by atoms with van der Waals surface area (Å²) in [4.78, 5) is 24.1. The van der Waals surface area contributed by atoms with E-state index < -0.39 is 11.5 Å². The molecule has 1 saturated heterocycles. The zero-order valence-corrected chi connectivity index (χ0v) is 11.6. The summed E-state index contributed by atoms with van der Waals surface area (Å²) in [5.74, 6) is -0.0469. The maximum absolute atomic E-state index is 12.3. The monoisotopic (exact) mass is 264 g/mol. The highest BCUT2D eigenvalue weighted by molar-refractivity contribution is 5.91. The zero-order valence-electron chi connectivity index (χ0n) is 11.6. The van der Waals surface area contributed by atoms with Crippen molar-refractivity contribution in [1.82, 2.24) is 0 Å². The Kier molecular flexibility index (Phi) is 2.65. The smallest absolute Gasteiger partial charge is 0.309 e. The first-order valence-corrected chi connectivity index (χ1v) is 6.99. The topological polar surface area (TPSA) is 63.6 Å². The molecule has 19 heavy (non-hydrogen) atoms. The van der Waals surface area contributed by atoms with Gasteiger partial charge in [-0.05, 0) is 37.8 Å². The second kappa shape index (κ2) is 3.92. The summed E-state index contributed by atoms with van der Waals surface area (Å²) in [7, 11) is 0. The molecule has 2 aliphatic carbocycles. The summed E-state index contributed by atoms with van der Waals surface area (Å²) in [5, 5.41) is 10.0. The Labute approximate surface area is 112 Å². The van der Waals surface area contributed by atoms with Crippen LogP contribution in [0.4, 0.5) is 0 Å². The van der Waals surface area contributed by atoms with Crippen molar-refractivity contribution in [3.63, 3.8) is 0 Å². The molecule has 0 unspecified atom stereocenters. The van der Waals surface area contributed by atoms with Crippen LogP contribution in [-0.2, 0) is 14.3 Å². The Morgan fingerprint density at radius 2 is 2.05 bits per heavy atom. The van der Waals surface area contributed by atoms with E-state index in [4.69, 9.17) is 4.74 Å². The summed E-state index contributed by atoms with van der Waals surface area (Å²) in [6, 6.07) is 0. The number of esters is 1. The summed E-state index contributed by atoms with van der Waals surface area (Å²) in [5.41, 5.74) is 1.17. The van der Waals surface area contributed by atoms with Crippen molar-refractivity contribution >= 4 is 11.8 Å². The van der Waals surface area contributed by atoms with E-state index in [-0.39, 0.29) is 36.1 Å². The summed E-state index contributed by atoms with van der Waals surface area (Å²) in [6.07, 6.45) is 0.761. The molecule has 1 saturated carbocycles. The van der Waals surface area contributed by atoms with Gasteiger partial charge in [0.25, 0.3) is 0 Å². The minimum absolute atomic E-state index is 0.0784. The lowest BCUT2D eigenvalue weighted by Crippen LogP contribution is -2.48. The molecule has 0 bridgehead atoms. The van der Waals surface area contributed by atoms with Crippen molar-refractivity contribution in [3.8, 4) is 0 Å². The van der Waals surface area contributed by atoms with Crippen molar-refractivity contribution in [1.29, 1.82) is 0 Å². The Balaban J connectivity index is 2.11. The first-order valence-electron chi connectivity index (χ1n) is 6.99. The van der Waals surface area contributed by atoms with Crippen LogP contribution in [0.3, 0.4) is 0 Å². The molecule has 4 heteroatoms. The Morgan fingerprint density at radius 3 is 2.74 bits per heavy atom. The minimum Gasteiger partial charge on any atom is -0.457 e. The highest BCUT2D eigenvalue weighted by Gasteiger charge is 2.56. The van der Waals surface area contributed by atoms with Crippen LogP contribution in [0.2, 0.25) is 0 Å². The van der Waals surface area contributed by atoms with E-state index >= 15 is 0 Å².